The summed E-state index contributed by atoms with van der Waals surface area (Å²) in [7, 11) is 0. The van der Waals surface area contributed by atoms with Crippen molar-refractivity contribution in [2.24, 2.45) is 0 Å². The number of nitrogens with one attached hydrogen (secondary N) is 2. The van der Waals surface area contributed by atoms with Gasteiger partial charge in [-0.2, -0.15) is 13.2 Å². The van der Waals surface area contributed by atoms with E-state index in [-0.39, 0.29) is 35.9 Å². The number of hydrogen-bond donors (Lipinski definition) is 2. The Morgan fingerprint density at radius 2 is 1.52 bits per heavy atom. The first-order valence-corrected chi connectivity index (χ1v) is 9.83. The van der Waals surface area contributed by atoms with Crippen molar-refractivity contribution in [1.29, 1.82) is 0 Å². The van der Waals surface area contributed by atoms with Gasteiger partial charge >= 0.3 is 6.18 Å². The zero-order valence-corrected chi connectivity index (χ0v) is 16.6. The Labute approximate surface area is 177 Å². The predicted octanol–water partition coefficient (Wildman–Crippen LogP) is 2.86. The van der Waals surface area contributed by atoms with Gasteiger partial charge in [0.05, 0.1) is 12.1 Å². The van der Waals surface area contributed by atoms with E-state index in [4.69, 9.17) is 0 Å². The molecule has 0 aliphatic carbocycles. The summed E-state index contributed by atoms with van der Waals surface area (Å²) in [4.78, 5) is 38.1. The third kappa shape index (κ3) is 6.07. The molecule has 31 heavy (non-hydrogen) atoms. The summed E-state index contributed by atoms with van der Waals surface area (Å²) in [5.74, 6) is -1.00. The first kappa shape index (κ1) is 22.3. The smallest absolute Gasteiger partial charge is 0.352 e. The van der Waals surface area contributed by atoms with Gasteiger partial charge in [-0.05, 0) is 49.2 Å². The van der Waals surface area contributed by atoms with Crippen molar-refractivity contribution in [3.63, 3.8) is 0 Å². The highest BCUT2D eigenvalue weighted by molar-refractivity contribution is 5.96. The summed E-state index contributed by atoms with van der Waals surface area (Å²) in [6, 6.07) is 12.5. The number of carbonyl (C=O) groups is 3. The number of benzene rings is 2. The average Bonchev–Trinajstić information content (AvgIpc) is 2.77. The molecule has 0 atom stereocenters. The fourth-order valence-electron chi connectivity index (χ4n) is 3.34. The monoisotopic (exact) mass is 433 g/mol. The molecule has 0 bridgehead atoms. The molecule has 1 heterocycles. The molecule has 2 N–H and O–H groups in total. The Kier molecular flexibility index (Phi) is 6.94. The van der Waals surface area contributed by atoms with Gasteiger partial charge in [-0.1, -0.05) is 18.2 Å². The summed E-state index contributed by atoms with van der Waals surface area (Å²) in [6.07, 6.45) is -3.41. The summed E-state index contributed by atoms with van der Waals surface area (Å²) >= 11 is 0. The highest BCUT2D eigenvalue weighted by Gasteiger charge is 2.31. The SMILES string of the molecule is O=C(CNC(=O)c1ccccc1)NC1CCN(C(=O)c2ccc(C(F)(F)F)cc2)CC1. The molecule has 1 aliphatic rings. The van der Waals surface area contributed by atoms with E-state index in [2.05, 4.69) is 10.6 Å². The molecule has 3 rings (SSSR count). The largest absolute Gasteiger partial charge is 0.416 e. The lowest BCUT2D eigenvalue weighted by Gasteiger charge is -2.32. The predicted molar refractivity (Wildman–Crippen MR) is 107 cm³/mol. The Hall–Kier alpha value is -3.36. The summed E-state index contributed by atoms with van der Waals surface area (Å²) in [5.41, 5.74) is -0.144. The molecule has 9 heteroatoms. The first-order chi connectivity index (χ1) is 14.7. The number of rotatable bonds is 5. The second kappa shape index (κ2) is 9.63. The number of piperidine rings is 1. The number of hydrogen-bond acceptors (Lipinski definition) is 3. The lowest BCUT2D eigenvalue weighted by Crippen LogP contribution is -2.48. The Morgan fingerprint density at radius 1 is 0.903 bits per heavy atom. The molecule has 1 fully saturated rings. The molecular weight excluding hydrogens is 411 g/mol. The van der Waals surface area contributed by atoms with Crippen LogP contribution in [0.1, 0.15) is 39.1 Å². The maximum absolute atomic E-state index is 12.7. The van der Waals surface area contributed by atoms with Gasteiger partial charge in [0.25, 0.3) is 11.8 Å². The normalized spacial score (nSPS) is 14.7. The van der Waals surface area contributed by atoms with Crippen LogP contribution in [0.5, 0.6) is 0 Å². The van der Waals surface area contributed by atoms with Gasteiger partial charge in [0.15, 0.2) is 0 Å². The minimum atomic E-state index is -4.45. The molecule has 6 nitrogen and oxygen atoms in total. The number of amides is 3. The van der Waals surface area contributed by atoms with Crippen LogP contribution in [0.3, 0.4) is 0 Å². The third-order valence-electron chi connectivity index (χ3n) is 5.05. The highest BCUT2D eigenvalue weighted by atomic mass is 19.4. The Balaban J connectivity index is 1.43. The van der Waals surface area contributed by atoms with Crippen molar-refractivity contribution in [2.75, 3.05) is 19.6 Å². The maximum Gasteiger partial charge on any atom is 0.416 e. The number of carbonyl (C=O) groups excluding carboxylic acids is 3. The molecule has 0 spiro atoms. The zero-order chi connectivity index (χ0) is 22.4. The van der Waals surface area contributed by atoms with Gasteiger partial charge < -0.3 is 15.5 Å². The van der Waals surface area contributed by atoms with Crippen molar-refractivity contribution >= 4 is 17.7 Å². The Morgan fingerprint density at radius 3 is 2.10 bits per heavy atom. The van der Waals surface area contributed by atoms with E-state index >= 15 is 0 Å². The van der Waals surface area contributed by atoms with Crippen molar-refractivity contribution < 1.29 is 27.6 Å². The minimum absolute atomic E-state index is 0.141. The van der Waals surface area contributed by atoms with Crippen LogP contribution in [0, 0.1) is 0 Å². The van der Waals surface area contributed by atoms with Crippen LogP contribution in [-0.2, 0) is 11.0 Å². The van der Waals surface area contributed by atoms with Gasteiger partial charge in [0.2, 0.25) is 5.91 Å². The van der Waals surface area contributed by atoms with Crippen molar-refractivity contribution in [3.8, 4) is 0 Å². The molecule has 0 unspecified atom stereocenters. The number of likely N-dealkylation sites (tertiary alicyclic amines) is 1. The van der Waals surface area contributed by atoms with E-state index in [1.165, 1.54) is 12.1 Å². The van der Waals surface area contributed by atoms with Crippen LogP contribution in [0.15, 0.2) is 54.6 Å². The van der Waals surface area contributed by atoms with Crippen molar-refractivity contribution in [2.45, 2.75) is 25.1 Å². The fraction of sp³-hybridized carbons (Fsp3) is 0.318. The van der Waals surface area contributed by atoms with Crippen LogP contribution in [-0.4, -0.2) is 48.3 Å². The number of halogens is 3. The van der Waals surface area contributed by atoms with E-state index in [9.17, 15) is 27.6 Å². The van der Waals surface area contributed by atoms with Crippen LogP contribution in [0.25, 0.3) is 0 Å². The molecule has 3 amide bonds. The molecule has 2 aromatic carbocycles. The molecule has 1 aliphatic heterocycles. The van der Waals surface area contributed by atoms with Crippen molar-refractivity contribution in [1.82, 2.24) is 15.5 Å². The first-order valence-electron chi connectivity index (χ1n) is 9.83. The van der Waals surface area contributed by atoms with Crippen molar-refractivity contribution in [3.05, 3.63) is 71.3 Å². The van der Waals surface area contributed by atoms with Crippen LogP contribution in [0.2, 0.25) is 0 Å². The van der Waals surface area contributed by atoms with Gasteiger partial charge in [-0.3, -0.25) is 14.4 Å². The zero-order valence-electron chi connectivity index (χ0n) is 16.6. The summed E-state index contributed by atoms with van der Waals surface area (Å²) in [6.45, 7) is 0.598. The summed E-state index contributed by atoms with van der Waals surface area (Å²) in [5, 5.41) is 5.39. The van der Waals surface area contributed by atoms with Crippen LogP contribution >= 0.6 is 0 Å². The fourth-order valence-corrected chi connectivity index (χ4v) is 3.34. The lowest BCUT2D eigenvalue weighted by atomic mass is 10.0. The second-order valence-corrected chi connectivity index (χ2v) is 7.26. The molecular formula is C22H22F3N3O3. The minimum Gasteiger partial charge on any atom is -0.352 e. The van der Waals surface area contributed by atoms with Gasteiger partial charge in [0.1, 0.15) is 0 Å². The molecule has 2 aromatic rings. The van der Waals surface area contributed by atoms with Gasteiger partial charge in [-0.25, -0.2) is 0 Å². The standard InChI is InChI=1S/C22H22F3N3O3/c23-22(24,25)17-8-6-16(7-9-17)21(31)28-12-10-18(11-13-28)27-19(29)14-26-20(30)15-4-2-1-3-5-15/h1-9,18H,10-14H2,(H,26,30)(H,27,29). The number of alkyl halides is 3. The average molecular weight is 433 g/mol. The highest BCUT2D eigenvalue weighted by Crippen LogP contribution is 2.29. The molecule has 0 aromatic heterocycles. The summed E-state index contributed by atoms with van der Waals surface area (Å²) < 4.78 is 38.0. The molecule has 0 radical (unpaired) electrons. The van der Waals surface area contributed by atoms with Crippen LogP contribution in [0.4, 0.5) is 13.2 Å². The van der Waals surface area contributed by atoms with Gasteiger partial charge in [-0.15, -0.1) is 0 Å². The van der Waals surface area contributed by atoms with E-state index in [1.807, 2.05) is 0 Å². The lowest BCUT2D eigenvalue weighted by molar-refractivity contribution is -0.137. The van der Waals surface area contributed by atoms with E-state index in [1.54, 1.807) is 35.2 Å². The Bertz CT molecular complexity index is 923. The van der Waals surface area contributed by atoms with Gasteiger partial charge in [0, 0.05) is 30.3 Å². The second-order valence-electron chi connectivity index (χ2n) is 7.26. The quantitative estimate of drug-likeness (QED) is 0.761. The van der Waals surface area contributed by atoms with E-state index < -0.39 is 11.7 Å². The number of nitrogens with zero attached hydrogens (tertiary/aromatic N) is 1. The maximum atomic E-state index is 12.7. The molecule has 1 saturated heterocycles. The van der Waals surface area contributed by atoms with E-state index in [0.717, 1.165) is 12.1 Å². The molecule has 164 valence electrons. The third-order valence-corrected chi connectivity index (χ3v) is 5.05. The van der Waals surface area contributed by atoms with Crippen LogP contribution < -0.4 is 10.6 Å². The van der Waals surface area contributed by atoms with E-state index in [0.29, 0.717) is 31.5 Å². The topological polar surface area (TPSA) is 78.5 Å². The molecule has 0 saturated carbocycles.